The van der Waals surface area contributed by atoms with Gasteiger partial charge in [0, 0.05) is 95.2 Å². The van der Waals surface area contributed by atoms with Gasteiger partial charge >= 0.3 is 0 Å². The van der Waals surface area contributed by atoms with E-state index in [0.717, 1.165) is 170 Å². The zero-order valence-corrected chi connectivity index (χ0v) is 88.1. The van der Waals surface area contributed by atoms with Crippen molar-refractivity contribution in [2.45, 2.75) is 193 Å². The number of benzene rings is 10. The highest BCUT2D eigenvalue weighted by Gasteiger charge is 2.27. The van der Waals surface area contributed by atoms with E-state index in [-0.39, 0.29) is 35.2 Å². The van der Waals surface area contributed by atoms with Crippen LogP contribution in [0.1, 0.15) is 200 Å². The van der Waals surface area contributed by atoms with E-state index in [1.165, 1.54) is 86.8 Å². The Kier molecular flexibility index (Phi) is 66.0. The summed E-state index contributed by atoms with van der Waals surface area (Å²) < 4.78 is 71.4. The number of carboxylic acids is 1. The molecular formula is C117H161F3N10O15. The van der Waals surface area contributed by atoms with E-state index in [2.05, 4.69) is 127 Å². The molecular weight excluding hydrogens is 1840 g/mol. The van der Waals surface area contributed by atoms with Crippen LogP contribution in [0.25, 0.3) is 0 Å². The number of ketones is 1. The number of hydrogen-bond acceptors (Lipinski definition) is 23. The number of oxime groups is 1. The summed E-state index contributed by atoms with van der Waals surface area (Å²) in [7, 11) is 6.33. The van der Waals surface area contributed by atoms with E-state index in [9.17, 15) is 37.1 Å². The Balaban J connectivity index is 0.000000423. The molecule has 0 saturated carbocycles. The van der Waals surface area contributed by atoms with Gasteiger partial charge in [-0.2, -0.15) is 0 Å². The zero-order valence-electron chi connectivity index (χ0n) is 88.1. The van der Waals surface area contributed by atoms with Crippen molar-refractivity contribution in [3.63, 3.8) is 0 Å². The van der Waals surface area contributed by atoms with Gasteiger partial charge in [0.05, 0.1) is 52.4 Å². The van der Waals surface area contributed by atoms with Crippen LogP contribution in [0.3, 0.4) is 0 Å². The number of aliphatic imine (C=N–C) groups is 1. The summed E-state index contributed by atoms with van der Waals surface area (Å²) >= 11 is 0. The molecule has 790 valence electrons. The van der Waals surface area contributed by atoms with Crippen LogP contribution in [0.4, 0.5) is 13.2 Å². The van der Waals surface area contributed by atoms with Crippen LogP contribution < -0.4 is 50.9 Å². The monoisotopic (exact) mass is 2000 g/mol. The molecule has 3 aliphatic rings. The molecule has 0 unspecified atom stereocenters. The molecule has 3 fully saturated rings. The molecule has 10 N–H and O–H groups in total. The summed E-state index contributed by atoms with van der Waals surface area (Å²) in [6.07, 6.45) is 11.5. The van der Waals surface area contributed by atoms with Crippen molar-refractivity contribution < 1.29 is 85.8 Å². The molecule has 1 amide bonds. The van der Waals surface area contributed by atoms with Gasteiger partial charge in [0.1, 0.15) is 76.1 Å². The van der Waals surface area contributed by atoms with Crippen molar-refractivity contribution >= 4 is 42.5 Å². The third-order valence-electron chi connectivity index (χ3n) is 21.4. The minimum absolute atomic E-state index is 0.164. The topological polar surface area (TPSA) is 346 Å². The van der Waals surface area contributed by atoms with Crippen LogP contribution in [-0.4, -0.2) is 190 Å². The van der Waals surface area contributed by atoms with Gasteiger partial charge in [-0.05, 0) is 317 Å². The largest absolute Gasteiger partial charge is 0.508 e. The molecule has 0 radical (unpaired) electrons. The van der Waals surface area contributed by atoms with Gasteiger partial charge in [0.15, 0.2) is 0 Å². The molecule has 25 nitrogen and oxygen atoms in total. The number of aryl methyl sites for hydroxylation is 1. The standard InChI is InChI=1S/C26H35FN2O2.C13H19FN2.C12H15NO2.C11H15NO2.2C11H17NO.C11H14O2.C7H8FN.C7H6O2.C6H11NO.C2H4O2/c1-20(2)19-31-25-11-6-21(7-12-25)8-13-26(30)29(24-14-16-28(3)17-15-24)18-22-4-9-23(27)10-5-22;1-16-8-6-13(7-9-16)15-10-11-2-4-12(14)5-3-11;1-10(2)8-15-12-5-3-11(4-6-12)7-13-9-14;1-9(2)8-14-11-5-3-10(4-6-11)7-12-13;3*1-9(2)8-13-11-5-3-10(7-12)4-6-11;8-7-3-1-6(5-9)2-4-7;8-5-6-1-3-7(9)4-2-6;1-7-4-2-6(8)3-5-7;1-2(3)4/h4-7,9-12,20,24H,8,13-19H2,1-3H3;2-5,13,15H,6-10H2,1H3;3-6,10H,7-8H2,1-2H3;3-7,9,13H,8H2,1-2H3;2*3-6,9H,7-8,12H2,1-2H3;3-7,9H,8H2,1-2H3;1-4H,5,9H2;1-5,9H;2-5H2,1H3;1H3,(H,3,4)/b;;;12-7-;;;;;;;. The van der Waals surface area contributed by atoms with Gasteiger partial charge in [-0.3, -0.25) is 24.0 Å². The molecule has 0 spiro atoms. The molecule has 0 atom stereocenters. The summed E-state index contributed by atoms with van der Waals surface area (Å²) in [5, 5.41) is 30.9. The van der Waals surface area contributed by atoms with E-state index in [0.29, 0.717) is 130 Å². The number of nitrogens with zero attached hydrogens (tertiary/aromatic N) is 6. The third-order valence-corrected chi connectivity index (χ3v) is 21.4. The highest BCUT2D eigenvalue weighted by Crippen LogP contribution is 2.25. The van der Waals surface area contributed by atoms with Crippen molar-refractivity contribution in [2.75, 3.05) is 100 Å². The van der Waals surface area contributed by atoms with Gasteiger partial charge < -0.3 is 86.0 Å². The summed E-state index contributed by atoms with van der Waals surface area (Å²) in [6, 6.07) is 72.3. The Morgan fingerprint density at radius 3 is 1.02 bits per heavy atom. The lowest BCUT2D eigenvalue weighted by atomic mass is 10.0. The summed E-state index contributed by atoms with van der Waals surface area (Å²) in [5.74, 6) is 7.70. The highest BCUT2D eigenvalue weighted by molar-refractivity contribution is 5.80. The first-order chi connectivity index (χ1) is 69.4. The average Bonchev–Trinajstić information content (AvgIpc) is 0.837. The number of phenols is 1. The molecule has 28 heteroatoms. The predicted molar refractivity (Wildman–Crippen MR) is 575 cm³/mol. The Morgan fingerprint density at radius 2 is 0.710 bits per heavy atom. The molecule has 3 aliphatic heterocycles. The quantitative estimate of drug-likeness (QED) is 0.00638. The third kappa shape index (κ3) is 63.1. The first kappa shape index (κ1) is 126. The molecule has 3 heterocycles. The second-order valence-corrected chi connectivity index (χ2v) is 37.8. The van der Waals surface area contributed by atoms with Crippen LogP contribution in [-0.2, 0) is 64.9 Å². The number of rotatable bonds is 35. The number of carbonyl (C=O) groups excluding carboxylic acids is 5. The van der Waals surface area contributed by atoms with Crippen molar-refractivity contribution in [3.05, 3.63) is 316 Å². The number of nitrogens with two attached hydrogens (primary N) is 3. The fraction of sp³-hybridized carbons (Fsp3) is 0.427. The lowest BCUT2D eigenvalue weighted by Crippen LogP contribution is -2.46. The number of nitrogens with one attached hydrogen (secondary N) is 1. The Bertz CT molecular complexity index is 5070. The zero-order chi connectivity index (χ0) is 107. The second kappa shape index (κ2) is 75.8. The highest BCUT2D eigenvalue weighted by atomic mass is 19.1. The minimum Gasteiger partial charge on any atom is -0.508 e. The number of phenolic OH excluding ortho intramolecular Hbond substituents is 1. The first-order valence-corrected chi connectivity index (χ1v) is 49.8. The van der Waals surface area contributed by atoms with Gasteiger partial charge in [0.25, 0.3) is 5.97 Å². The molecule has 3 saturated heterocycles. The number of aromatic hydroxyl groups is 1. The number of piperidine rings is 3. The van der Waals surface area contributed by atoms with Gasteiger partial charge in [-0.15, -0.1) is 0 Å². The fourth-order valence-electron chi connectivity index (χ4n) is 13.0. The van der Waals surface area contributed by atoms with E-state index in [4.69, 9.17) is 65.8 Å². The SMILES string of the molecule is CC(=O)O.CC(C)COc1ccc(/C=N\O)cc1.CC(C)COc1ccc(C=O)cc1.CC(C)COc1ccc(CCC(=O)N(Cc2ccc(F)cc2)C2CCN(C)CC2)cc1.CC(C)COc1ccc(CN)cc1.CC(C)COc1ccc(CN)cc1.CC(C)COc1ccc(CN=C=O)cc1.CN1CCC(=O)CC1.CN1CCC(NCc2ccc(F)cc2)CC1.NCc1ccc(F)cc1.O=Cc1ccc(O)cc1. The van der Waals surface area contributed by atoms with Crippen LogP contribution in [0.2, 0.25) is 0 Å². The van der Waals surface area contributed by atoms with E-state index >= 15 is 0 Å². The normalized spacial score (nSPS) is 12.8. The fourth-order valence-corrected chi connectivity index (χ4v) is 13.0. The van der Waals surface area contributed by atoms with Crippen LogP contribution in [0.5, 0.6) is 40.2 Å². The van der Waals surface area contributed by atoms with E-state index < -0.39 is 5.97 Å². The number of Topliss-reactive ketones (excluding diaryl/α,β-unsaturated/α-hetero) is 1. The van der Waals surface area contributed by atoms with Gasteiger partial charge in [0.2, 0.25) is 12.0 Å². The molecule has 10 aromatic carbocycles. The van der Waals surface area contributed by atoms with Crippen LogP contribution >= 0.6 is 0 Å². The maximum Gasteiger partial charge on any atom is 0.300 e. The van der Waals surface area contributed by atoms with E-state index in [1.807, 2.05) is 158 Å². The number of hydrogen-bond donors (Lipinski definition) is 7. The van der Waals surface area contributed by atoms with Crippen molar-refractivity contribution in [3.8, 4) is 40.2 Å². The lowest BCUT2D eigenvalue weighted by molar-refractivity contribution is -0.135. The number of isocyanates is 1. The number of amides is 1. The van der Waals surface area contributed by atoms with Gasteiger partial charge in [-0.1, -0.05) is 173 Å². The summed E-state index contributed by atoms with van der Waals surface area (Å²) in [4.78, 5) is 75.5. The molecule has 13 rings (SSSR count). The number of carbonyl (C=O) groups is 5. The maximum atomic E-state index is 13.3. The van der Waals surface area contributed by atoms with Gasteiger partial charge in [-0.25, -0.2) is 23.0 Å². The number of halogens is 3. The maximum absolute atomic E-state index is 13.3. The Labute approximate surface area is 860 Å². The Morgan fingerprint density at radius 1 is 0.428 bits per heavy atom. The van der Waals surface area contributed by atoms with Crippen LogP contribution in [0, 0.1) is 53.0 Å². The number of likely N-dealkylation sites (tertiary alicyclic amines) is 3. The minimum atomic E-state index is -0.833. The van der Waals surface area contributed by atoms with Crippen LogP contribution in [0.15, 0.2) is 253 Å². The summed E-state index contributed by atoms with van der Waals surface area (Å²) in [5.41, 5.74) is 25.8. The number of ether oxygens (including phenoxy) is 6. The molecule has 0 aliphatic carbocycles. The molecule has 0 bridgehead atoms. The Hall–Kier alpha value is -12.9. The first-order valence-electron chi connectivity index (χ1n) is 49.8. The molecule has 0 aromatic heterocycles. The van der Waals surface area contributed by atoms with Crippen molar-refractivity contribution in [1.29, 1.82) is 0 Å². The molecule has 145 heavy (non-hydrogen) atoms. The number of aldehydes is 2. The van der Waals surface area contributed by atoms with E-state index in [1.54, 1.807) is 48.5 Å². The second-order valence-electron chi connectivity index (χ2n) is 37.8. The molecule has 10 aromatic rings. The number of aliphatic carboxylic acids is 1. The van der Waals surface area contributed by atoms with Crippen molar-refractivity contribution in [1.82, 2.24) is 24.9 Å². The smallest absolute Gasteiger partial charge is 0.300 e. The predicted octanol–water partition coefficient (Wildman–Crippen LogP) is 21.8. The van der Waals surface area contributed by atoms with Crippen molar-refractivity contribution in [2.24, 2.45) is 62.9 Å². The summed E-state index contributed by atoms with van der Waals surface area (Å²) in [6.45, 7) is 40.5. The lowest BCUT2D eigenvalue weighted by Gasteiger charge is -2.37. The number of carboxylic acid groups (broad SMARTS) is 1. The average molecular weight is 2000 g/mol.